The van der Waals surface area contributed by atoms with Gasteiger partial charge in [0.15, 0.2) is 0 Å². The van der Waals surface area contributed by atoms with Crippen molar-refractivity contribution in [3.05, 3.63) is 5.69 Å². The van der Waals surface area contributed by atoms with Crippen LogP contribution in [0.5, 0.6) is 5.88 Å². The fourth-order valence-electron chi connectivity index (χ4n) is 1.67. The molecule has 0 fully saturated rings. The molecule has 2 N–H and O–H groups in total. The zero-order valence-electron chi connectivity index (χ0n) is 10.8. The molecule has 0 aliphatic heterocycles. The van der Waals surface area contributed by atoms with Crippen molar-refractivity contribution >= 4 is 5.69 Å². The Morgan fingerprint density at radius 2 is 2.12 bits per heavy atom. The highest BCUT2D eigenvalue weighted by atomic mass is 16.5. The third-order valence-electron chi connectivity index (χ3n) is 2.61. The third kappa shape index (κ3) is 3.15. The summed E-state index contributed by atoms with van der Waals surface area (Å²) in [6, 6.07) is 0. The Bertz CT molecular complexity index is 331. The fourth-order valence-corrected chi connectivity index (χ4v) is 1.67. The van der Waals surface area contributed by atoms with Crippen molar-refractivity contribution in [1.29, 1.82) is 0 Å². The van der Waals surface area contributed by atoms with Gasteiger partial charge in [-0.3, -0.25) is 0 Å². The summed E-state index contributed by atoms with van der Waals surface area (Å²) in [5.41, 5.74) is 7.56. The van der Waals surface area contributed by atoms with Gasteiger partial charge >= 0.3 is 0 Å². The number of aryl methyl sites for hydroxylation is 2. The molecular formula is C12H23N3O. The van der Waals surface area contributed by atoms with Gasteiger partial charge in [-0.25, -0.2) is 4.68 Å². The molecule has 16 heavy (non-hydrogen) atoms. The van der Waals surface area contributed by atoms with Gasteiger partial charge in [0.25, 0.3) is 0 Å². The molecule has 0 amide bonds. The first-order valence-electron chi connectivity index (χ1n) is 6.00. The second-order valence-corrected chi connectivity index (χ2v) is 4.53. The van der Waals surface area contributed by atoms with E-state index in [0.717, 1.165) is 24.5 Å². The van der Waals surface area contributed by atoms with E-state index in [1.807, 2.05) is 14.0 Å². The van der Waals surface area contributed by atoms with Crippen molar-refractivity contribution in [3.63, 3.8) is 0 Å². The standard InChI is InChI=1S/C12H23N3O/c1-5-10-11(13)12(15(4)14-10)16-8-6-7-9(2)3/h9H,5-8,13H2,1-4H3. The van der Waals surface area contributed by atoms with E-state index in [2.05, 4.69) is 18.9 Å². The Morgan fingerprint density at radius 3 is 2.62 bits per heavy atom. The number of nitrogen functional groups attached to an aromatic ring is 1. The van der Waals surface area contributed by atoms with Crippen LogP contribution >= 0.6 is 0 Å². The maximum absolute atomic E-state index is 5.95. The highest BCUT2D eigenvalue weighted by molar-refractivity contribution is 5.52. The van der Waals surface area contributed by atoms with E-state index in [4.69, 9.17) is 10.5 Å². The minimum atomic E-state index is 0.689. The van der Waals surface area contributed by atoms with E-state index in [1.165, 1.54) is 6.42 Å². The maximum Gasteiger partial charge on any atom is 0.235 e. The van der Waals surface area contributed by atoms with Crippen LogP contribution in [-0.4, -0.2) is 16.4 Å². The van der Waals surface area contributed by atoms with E-state index in [0.29, 0.717) is 18.2 Å². The van der Waals surface area contributed by atoms with Gasteiger partial charge in [-0.15, -0.1) is 0 Å². The summed E-state index contributed by atoms with van der Waals surface area (Å²) < 4.78 is 7.40. The second kappa shape index (κ2) is 5.77. The van der Waals surface area contributed by atoms with Crippen LogP contribution in [0.2, 0.25) is 0 Å². The number of hydrogen-bond acceptors (Lipinski definition) is 3. The van der Waals surface area contributed by atoms with Crippen LogP contribution in [0.4, 0.5) is 5.69 Å². The molecule has 0 aliphatic carbocycles. The molecule has 1 heterocycles. The number of hydrogen-bond donors (Lipinski definition) is 1. The summed E-state index contributed by atoms with van der Waals surface area (Å²) >= 11 is 0. The average Bonchev–Trinajstić information content (AvgIpc) is 2.50. The highest BCUT2D eigenvalue weighted by Crippen LogP contribution is 2.24. The Balaban J connectivity index is 2.50. The Kier molecular flexibility index (Phi) is 4.65. The molecular weight excluding hydrogens is 202 g/mol. The van der Waals surface area contributed by atoms with Gasteiger partial charge in [-0.2, -0.15) is 5.10 Å². The predicted molar refractivity (Wildman–Crippen MR) is 66.6 cm³/mol. The van der Waals surface area contributed by atoms with Crippen LogP contribution in [0.3, 0.4) is 0 Å². The normalized spacial score (nSPS) is 11.1. The van der Waals surface area contributed by atoms with Crippen molar-refractivity contribution in [2.24, 2.45) is 13.0 Å². The Morgan fingerprint density at radius 1 is 1.44 bits per heavy atom. The van der Waals surface area contributed by atoms with Crippen LogP contribution in [0.1, 0.15) is 39.3 Å². The molecule has 92 valence electrons. The van der Waals surface area contributed by atoms with Crippen LogP contribution in [0, 0.1) is 5.92 Å². The first-order chi connectivity index (χ1) is 7.56. The molecule has 0 saturated carbocycles. The van der Waals surface area contributed by atoms with Crippen LogP contribution in [0.15, 0.2) is 0 Å². The smallest absolute Gasteiger partial charge is 0.235 e. The molecule has 0 radical (unpaired) electrons. The largest absolute Gasteiger partial charge is 0.476 e. The van der Waals surface area contributed by atoms with Crippen molar-refractivity contribution in [1.82, 2.24) is 9.78 Å². The molecule has 0 aliphatic rings. The van der Waals surface area contributed by atoms with Crippen LogP contribution in [-0.2, 0) is 13.5 Å². The number of ether oxygens (including phenoxy) is 1. The lowest BCUT2D eigenvalue weighted by atomic mass is 10.1. The number of nitrogens with two attached hydrogens (primary N) is 1. The van der Waals surface area contributed by atoms with E-state index in [1.54, 1.807) is 4.68 Å². The van der Waals surface area contributed by atoms with Crippen molar-refractivity contribution in [3.8, 4) is 5.88 Å². The van der Waals surface area contributed by atoms with Gasteiger partial charge < -0.3 is 10.5 Å². The summed E-state index contributed by atoms with van der Waals surface area (Å²) in [6.07, 6.45) is 3.08. The molecule has 1 aromatic rings. The zero-order valence-corrected chi connectivity index (χ0v) is 10.8. The lowest BCUT2D eigenvalue weighted by Crippen LogP contribution is -2.05. The number of aromatic nitrogens is 2. The molecule has 0 unspecified atom stereocenters. The van der Waals surface area contributed by atoms with Gasteiger partial charge in [0.2, 0.25) is 5.88 Å². The molecule has 0 saturated heterocycles. The van der Waals surface area contributed by atoms with E-state index >= 15 is 0 Å². The van der Waals surface area contributed by atoms with E-state index < -0.39 is 0 Å². The molecule has 1 rings (SSSR count). The summed E-state index contributed by atoms with van der Waals surface area (Å²) in [5, 5.41) is 4.31. The monoisotopic (exact) mass is 225 g/mol. The van der Waals surface area contributed by atoms with E-state index in [9.17, 15) is 0 Å². The summed E-state index contributed by atoms with van der Waals surface area (Å²) in [5.74, 6) is 1.43. The lowest BCUT2D eigenvalue weighted by Gasteiger charge is -2.08. The Hall–Kier alpha value is -1.19. The SMILES string of the molecule is CCc1nn(C)c(OCCCC(C)C)c1N. The molecule has 0 atom stereocenters. The Labute approximate surface area is 97.8 Å². The number of rotatable bonds is 6. The van der Waals surface area contributed by atoms with Gasteiger partial charge in [0.1, 0.15) is 5.69 Å². The van der Waals surface area contributed by atoms with E-state index in [-0.39, 0.29) is 0 Å². The molecule has 4 nitrogen and oxygen atoms in total. The molecule has 1 aromatic heterocycles. The highest BCUT2D eigenvalue weighted by Gasteiger charge is 2.12. The van der Waals surface area contributed by atoms with Crippen molar-refractivity contribution in [2.75, 3.05) is 12.3 Å². The minimum absolute atomic E-state index is 0.689. The summed E-state index contributed by atoms with van der Waals surface area (Å²) in [7, 11) is 1.87. The van der Waals surface area contributed by atoms with Crippen LogP contribution < -0.4 is 10.5 Å². The maximum atomic E-state index is 5.95. The zero-order chi connectivity index (χ0) is 12.1. The minimum Gasteiger partial charge on any atom is -0.476 e. The number of nitrogens with zero attached hydrogens (tertiary/aromatic N) is 2. The molecule has 0 spiro atoms. The predicted octanol–water partition coefficient (Wildman–Crippen LogP) is 2.38. The summed E-state index contributed by atoms with van der Waals surface area (Å²) in [4.78, 5) is 0. The lowest BCUT2D eigenvalue weighted by molar-refractivity contribution is 0.275. The third-order valence-corrected chi connectivity index (χ3v) is 2.61. The first-order valence-corrected chi connectivity index (χ1v) is 6.00. The van der Waals surface area contributed by atoms with Crippen molar-refractivity contribution < 1.29 is 4.74 Å². The van der Waals surface area contributed by atoms with Gasteiger partial charge in [0, 0.05) is 7.05 Å². The first kappa shape index (κ1) is 12.9. The van der Waals surface area contributed by atoms with Gasteiger partial charge in [-0.05, 0) is 25.2 Å². The fraction of sp³-hybridized carbons (Fsp3) is 0.750. The molecule has 4 heteroatoms. The van der Waals surface area contributed by atoms with Crippen molar-refractivity contribution in [2.45, 2.75) is 40.0 Å². The topological polar surface area (TPSA) is 53.1 Å². The van der Waals surface area contributed by atoms with Gasteiger partial charge in [-0.1, -0.05) is 20.8 Å². The van der Waals surface area contributed by atoms with Gasteiger partial charge in [0.05, 0.1) is 12.3 Å². The molecule has 0 aromatic carbocycles. The quantitative estimate of drug-likeness (QED) is 0.756. The average molecular weight is 225 g/mol. The molecule has 0 bridgehead atoms. The summed E-state index contributed by atoms with van der Waals surface area (Å²) in [6.45, 7) is 7.19. The van der Waals surface area contributed by atoms with Crippen LogP contribution in [0.25, 0.3) is 0 Å². The second-order valence-electron chi connectivity index (χ2n) is 4.53. The number of anilines is 1.